The Hall–Kier alpha value is -4.17. The Morgan fingerprint density at radius 2 is 1.11 bits per heavy atom. The first kappa shape index (κ1) is 25.9. The summed E-state index contributed by atoms with van der Waals surface area (Å²) in [5.74, 6) is 1.45. The number of anilines is 2. The molecule has 0 atom stereocenters. The fourth-order valence-electron chi connectivity index (χ4n) is 4.14. The molecule has 0 saturated carbocycles. The smallest absolute Gasteiger partial charge is 0.255 e. The van der Waals surface area contributed by atoms with Crippen LogP contribution in [-0.2, 0) is 12.8 Å². The molecule has 0 unspecified atom stereocenters. The van der Waals surface area contributed by atoms with Gasteiger partial charge in [0, 0.05) is 48.4 Å². The molecule has 4 N–H and O–H groups in total. The minimum atomic E-state index is -0.271. The van der Waals surface area contributed by atoms with Crippen LogP contribution in [-0.4, -0.2) is 49.7 Å². The summed E-state index contributed by atoms with van der Waals surface area (Å²) >= 11 is 0. The summed E-state index contributed by atoms with van der Waals surface area (Å²) in [5.41, 5.74) is 4.46. The van der Waals surface area contributed by atoms with E-state index in [0.29, 0.717) is 22.5 Å². The van der Waals surface area contributed by atoms with Gasteiger partial charge in [-0.2, -0.15) is 0 Å². The number of hydrogen-bond donors (Lipinski definition) is 4. The van der Waals surface area contributed by atoms with Crippen molar-refractivity contribution in [3.8, 4) is 0 Å². The molecule has 190 valence electrons. The first-order valence-electron chi connectivity index (χ1n) is 12.1. The van der Waals surface area contributed by atoms with E-state index >= 15 is 0 Å². The molecule has 8 nitrogen and oxygen atoms in total. The van der Waals surface area contributed by atoms with Gasteiger partial charge in [0.25, 0.3) is 11.8 Å². The number of benzene rings is 3. The molecule has 0 aliphatic carbocycles. The number of nitrogens with one attached hydrogen (secondary N) is 4. The van der Waals surface area contributed by atoms with Crippen LogP contribution >= 0.6 is 12.4 Å². The fraction of sp³-hybridized carbons (Fsp3) is 0.214. The maximum Gasteiger partial charge on any atom is 0.255 e. The van der Waals surface area contributed by atoms with Crippen LogP contribution in [0.1, 0.15) is 31.8 Å². The lowest BCUT2D eigenvalue weighted by molar-refractivity contribution is 0.102. The van der Waals surface area contributed by atoms with Gasteiger partial charge in [0.05, 0.1) is 13.1 Å². The summed E-state index contributed by atoms with van der Waals surface area (Å²) in [6, 6.07) is 22.1. The molecule has 2 heterocycles. The quantitative estimate of drug-likeness (QED) is 0.366. The van der Waals surface area contributed by atoms with Crippen LogP contribution in [0.5, 0.6) is 0 Å². The van der Waals surface area contributed by atoms with E-state index in [1.165, 1.54) is 0 Å². The number of nitrogens with zero attached hydrogens (tertiary/aromatic N) is 2. The van der Waals surface area contributed by atoms with Crippen LogP contribution in [0.4, 0.5) is 11.4 Å². The number of rotatable bonds is 8. The van der Waals surface area contributed by atoms with Crippen LogP contribution in [0.15, 0.2) is 82.8 Å². The van der Waals surface area contributed by atoms with Gasteiger partial charge in [-0.05, 0) is 53.6 Å². The monoisotopic (exact) mass is 516 g/mol. The number of amidine groups is 2. The summed E-state index contributed by atoms with van der Waals surface area (Å²) in [7, 11) is 0. The molecule has 9 heteroatoms. The van der Waals surface area contributed by atoms with E-state index < -0.39 is 0 Å². The molecule has 2 aliphatic heterocycles. The lowest BCUT2D eigenvalue weighted by Gasteiger charge is -2.10. The Morgan fingerprint density at radius 1 is 0.676 bits per heavy atom. The predicted octanol–water partition coefficient (Wildman–Crippen LogP) is 3.70. The molecular formula is C28H29ClN6O2. The summed E-state index contributed by atoms with van der Waals surface area (Å²) in [6.45, 7) is 3.42. The van der Waals surface area contributed by atoms with Crippen LogP contribution < -0.4 is 21.3 Å². The molecule has 0 fully saturated rings. The lowest BCUT2D eigenvalue weighted by atomic mass is 10.1. The minimum Gasteiger partial charge on any atom is -0.372 e. The lowest BCUT2D eigenvalue weighted by Crippen LogP contribution is -2.20. The number of carbonyl (C=O) groups is 2. The largest absolute Gasteiger partial charge is 0.372 e. The fourth-order valence-corrected chi connectivity index (χ4v) is 4.14. The van der Waals surface area contributed by atoms with Crippen molar-refractivity contribution in [2.75, 3.05) is 36.8 Å². The van der Waals surface area contributed by atoms with Crippen molar-refractivity contribution in [3.05, 3.63) is 95.1 Å². The Labute approximate surface area is 222 Å². The highest BCUT2D eigenvalue weighted by Gasteiger charge is 2.12. The second-order valence-corrected chi connectivity index (χ2v) is 8.75. The zero-order chi connectivity index (χ0) is 24.7. The molecular weight excluding hydrogens is 488 g/mol. The van der Waals surface area contributed by atoms with Gasteiger partial charge in [-0.3, -0.25) is 19.6 Å². The van der Waals surface area contributed by atoms with E-state index in [1.807, 2.05) is 48.5 Å². The zero-order valence-corrected chi connectivity index (χ0v) is 21.1. The number of carbonyl (C=O) groups excluding carboxylic acids is 2. The molecule has 5 rings (SSSR count). The van der Waals surface area contributed by atoms with Crippen molar-refractivity contribution in [1.29, 1.82) is 0 Å². The van der Waals surface area contributed by atoms with Crippen molar-refractivity contribution >= 4 is 47.3 Å². The molecule has 0 aromatic heterocycles. The second kappa shape index (κ2) is 12.2. The molecule has 0 radical (unpaired) electrons. The van der Waals surface area contributed by atoms with Crippen molar-refractivity contribution in [2.24, 2.45) is 9.98 Å². The molecule has 0 spiro atoms. The van der Waals surface area contributed by atoms with Gasteiger partial charge in [0.1, 0.15) is 11.7 Å². The molecule has 3 aromatic rings. The molecule has 0 saturated heterocycles. The summed E-state index contributed by atoms with van der Waals surface area (Å²) in [6.07, 6.45) is 1.50. The molecule has 37 heavy (non-hydrogen) atoms. The zero-order valence-electron chi connectivity index (χ0n) is 20.3. The highest BCUT2D eigenvalue weighted by molar-refractivity contribution is 6.08. The number of halogens is 1. The third kappa shape index (κ3) is 6.95. The summed E-state index contributed by atoms with van der Waals surface area (Å²) < 4.78 is 0. The van der Waals surface area contributed by atoms with E-state index in [0.717, 1.165) is 61.8 Å². The highest BCUT2D eigenvalue weighted by Crippen LogP contribution is 2.16. The number of hydrogen-bond acceptors (Lipinski definition) is 6. The van der Waals surface area contributed by atoms with Crippen LogP contribution in [0, 0.1) is 0 Å². The van der Waals surface area contributed by atoms with Crippen molar-refractivity contribution in [3.63, 3.8) is 0 Å². The topological polar surface area (TPSA) is 107 Å². The third-order valence-corrected chi connectivity index (χ3v) is 6.04. The average Bonchev–Trinajstić information content (AvgIpc) is 3.61. The predicted molar refractivity (Wildman–Crippen MR) is 150 cm³/mol. The van der Waals surface area contributed by atoms with E-state index in [-0.39, 0.29) is 24.2 Å². The number of aliphatic imine (C=N–C) groups is 2. The van der Waals surface area contributed by atoms with E-state index in [9.17, 15) is 9.59 Å². The van der Waals surface area contributed by atoms with Gasteiger partial charge in [-0.15, -0.1) is 12.4 Å². The van der Waals surface area contributed by atoms with Gasteiger partial charge in [-0.1, -0.05) is 30.3 Å². The molecule has 2 aliphatic rings. The van der Waals surface area contributed by atoms with Crippen LogP contribution in [0.25, 0.3) is 0 Å². The Balaban J connectivity index is 0.00000320. The maximum absolute atomic E-state index is 12.8. The molecule has 3 aromatic carbocycles. The average molecular weight is 517 g/mol. The van der Waals surface area contributed by atoms with Gasteiger partial charge in [0.2, 0.25) is 0 Å². The SMILES string of the molecule is Cl.O=C(Nc1ccc(CC2=NCCN2)cc1)c1cccc(C(=O)Nc2ccc(CC3=NCCN3)cc2)c1. The van der Waals surface area contributed by atoms with Crippen molar-refractivity contribution in [2.45, 2.75) is 12.8 Å². The van der Waals surface area contributed by atoms with Crippen LogP contribution in [0.2, 0.25) is 0 Å². The normalized spacial score (nSPS) is 13.9. The van der Waals surface area contributed by atoms with E-state index in [1.54, 1.807) is 24.3 Å². The van der Waals surface area contributed by atoms with E-state index in [4.69, 9.17) is 0 Å². The molecule has 2 amide bonds. The second-order valence-electron chi connectivity index (χ2n) is 8.75. The third-order valence-electron chi connectivity index (χ3n) is 6.04. The standard InChI is InChI=1S/C28H28N6O2.ClH/c35-27(33-23-8-4-19(5-9-23)16-25-29-12-13-30-25)21-2-1-3-22(18-21)28(36)34-24-10-6-20(7-11-24)17-26-31-14-15-32-26;/h1-11,18H,12-17H2,(H,29,30)(H,31,32)(H,33,35)(H,34,36);1H. The Morgan fingerprint density at radius 3 is 1.49 bits per heavy atom. The van der Waals surface area contributed by atoms with Gasteiger partial charge in [0.15, 0.2) is 0 Å². The number of amides is 2. The highest BCUT2D eigenvalue weighted by atomic mass is 35.5. The van der Waals surface area contributed by atoms with Crippen LogP contribution in [0.3, 0.4) is 0 Å². The van der Waals surface area contributed by atoms with Gasteiger partial charge >= 0.3 is 0 Å². The first-order chi connectivity index (χ1) is 17.6. The van der Waals surface area contributed by atoms with E-state index in [2.05, 4.69) is 31.3 Å². The maximum atomic E-state index is 12.8. The Bertz CT molecular complexity index is 1220. The van der Waals surface area contributed by atoms with Gasteiger partial charge < -0.3 is 21.3 Å². The minimum absolute atomic E-state index is 0. The summed E-state index contributed by atoms with van der Waals surface area (Å²) in [4.78, 5) is 34.4. The van der Waals surface area contributed by atoms with Crippen molar-refractivity contribution in [1.82, 2.24) is 10.6 Å². The first-order valence-corrected chi connectivity index (χ1v) is 12.1. The van der Waals surface area contributed by atoms with Crippen molar-refractivity contribution < 1.29 is 9.59 Å². The molecule has 0 bridgehead atoms. The van der Waals surface area contributed by atoms with Gasteiger partial charge in [-0.25, -0.2) is 0 Å². The Kier molecular flexibility index (Phi) is 8.53. The summed E-state index contributed by atoms with van der Waals surface area (Å²) in [5, 5.41) is 12.3.